The first kappa shape index (κ1) is 11.9. The van der Waals surface area contributed by atoms with Crippen molar-refractivity contribution in [3.63, 3.8) is 0 Å². The van der Waals surface area contributed by atoms with Gasteiger partial charge in [0, 0.05) is 12.1 Å². The molecule has 1 heterocycles. The van der Waals surface area contributed by atoms with Crippen molar-refractivity contribution >= 4 is 11.4 Å². The van der Waals surface area contributed by atoms with Crippen molar-refractivity contribution < 1.29 is 14.1 Å². The number of nitrogens with two attached hydrogens (primary N) is 1. The zero-order valence-electron chi connectivity index (χ0n) is 9.33. The van der Waals surface area contributed by atoms with Gasteiger partial charge in [-0.05, 0) is 12.1 Å². The fourth-order valence-electron chi connectivity index (χ4n) is 1.40. The number of anilines is 1. The van der Waals surface area contributed by atoms with Crippen molar-refractivity contribution in [2.24, 2.45) is 5.84 Å². The number of rotatable bonds is 5. The second kappa shape index (κ2) is 5.19. The lowest BCUT2D eigenvalue weighted by atomic mass is 10.2. The number of nitro benzene ring substituents is 1. The van der Waals surface area contributed by atoms with Crippen LogP contribution in [0, 0.1) is 10.1 Å². The molecule has 0 bridgehead atoms. The molecular weight excluding hydrogens is 238 g/mol. The lowest BCUT2D eigenvalue weighted by Gasteiger charge is -2.06. The predicted molar refractivity (Wildman–Crippen MR) is 63.9 cm³/mol. The van der Waals surface area contributed by atoms with Crippen molar-refractivity contribution in [1.29, 1.82) is 0 Å². The van der Waals surface area contributed by atoms with Gasteiger partial charge in [-0.2, -0.15) is 0 Å². The van der Waals surface area contributed by atoms with Crippen LogP contribution in [0.2, 0.25) is 0 Å². The van der Waals surface area contributed by atoms with Crippen molar-refractivity contribution in [3.05, 3.63) is 52.5 Å². The summed E-state index contributed by atoms with van der Waals surface area (Å²) < 4.78 is 10.5. The number of furan rings is 1. The third kappa shape index (κ3) is 2.77. The van der Waals surface area contributed by atoms with E-state index in [1.54, 1.807) is 18.2 Å². The standard InChI is InChI=1S/C11H11N3O4/c12-13-8-4-9(14(15)16)6-11(5-8)18-7-10-2-1-3-17-10/h1-6,13H,7,12H2. The van der Waals surface area contributed by atoms with Gasteiger partial charge < -0.3 is 14.6 Å². The number of hydrazine groups is 1. The summed E-state index contributed by atoms with van der Waals surface area (Å²) in [4.78, 5) is 10.2. The molecule has 0 saturated heterocycles. The minimum Gasteiger partial charge on any atom is -0.485 e. The second-order valence-corrected chi connectivity index (χ2v) is 3.49. The fraction of sp³-hybridized carbons (Fsp3) is 0.0909. The summed E-state index contributed by atoms with van der Waals surface area (Å²) in [5, 5.41) is 10.7. The molecule has 0 aliphatic carbocycles. The molecule has 1 aromatic heterocycles. The minimum absolute atomic E-state index is 0.0973. The Hall–Kier alpha value is -2.54. The molecule has 7 heteroatoms. The Morgan fingerprint density at radius 2 is 2.28 bits per heavy atom. The number of nitrogens with one attached hydrogen (secondary N) is 1. The van der Waals surface area contributed by atoms with Gasteiger partial charge in [-0.1, -0.05) is 0 Å². The van der Waals surface area contributed by atoms with E-state index in [0.29, 0.717) is 17.2 Å². The molecule has 94 valence electrons. The Labute approximate surface area is 102 Å². The van der Waals surface area contributed by atoms with Gasteiger partial charge in [-0.3, -0.25) is 16.0 Å². The summed E-state index contributed by atoms with van der Waals surface area (Å²) >= 11 is 0. The molecule has 0 atom stereocenters. The second-order valence-electron chi connectivity index (χ2n) is 3.49. The third-order valence-corrected chi connectivity index (χ3v) is 2.23. The van der Waals surface area contributed by atoms with Gasteiger partial charge in [-0.15, -0.1) is 0 Å². The van der Waals surface area contributed by atoms with Crippen LogP contribution in [-0.2, 0) is 6.61 Å². The van der Waals surface area contributed by atoms with Crippen LogP contribution in [0.25, 0.3) is 0 Å². The van der Waals surface area contributed by atoms with Crippen LogP contribution in [0.5, 0.6) is 5.75 Å². The van der Waals surface area contributed by atoms with Gasteiger partial charge in [0.15, 0.2) is 0 Å². The monoisotopic (exact) mass is 249 g/mol. The van der Waals surface area contributed by atoms with Gasteiger partial charge in [-0.25, -0.2) is 0 Å². The van der Waals surface area contributed by atoms with Crippen LogP contribution < -0.4 is 16.0 Å². The van der Waals surface area contributed by atoms with Crippen LogP contribution >= 0.6 is 0 Å². The molecule has 0 amide bonds. The summed E-state index contributed by atoms with van der Waals surface area (Å²) in [7, 11) is 0. The van der Waals surface area contributed by atoms with E-state index in [9.17, 15) is 10.1 Å². The highest BCUT2D eigenvalue weighted by molar-refractivity contribution is 5.55. The Balaban J connectivity index is 2.16. The molecule has 0 radical (unpaired) electrons. The van der Waals surface area contributed by atoms with E-state index >= 15 is 0 Å². The lowest BCUT2D eigenvalue weighted by Crippen LogP contribution is -2.07. The highest BCUT2D eigenvalue weighted by Crippen LogP contribution is 2.26. The SMILES string of the molecule is NNc1cc(OCc2ccco2)cc([N+](=O)[O-])c1. The van der Waals surface area contributed by atoms with Gasteiger partial charge in [0.1, 0.15) is 18.1 Å². The molecule has 1 aromatic carbocycles. The molecule has 0 aliphatic heterocycles. The molecule has 0 fully saturated rings. The highest BCUT2D eigenvalue weighted by Gasteiger charge is 2.10. The average molecular weight is 249 g/mol. The number of hydrogen-bond acceptors (Lipinski definition) is 6. The van der Waals surface area contributed by atoms with E-state index < -0.39 is 4.92 Å². The molecule has 2 aromatic rings. The zero-order valence-corrected chi connectivity index (χ0v) is 9.33. The Morgan fingerprint density at radius 3 is 2.89 bits per heavy atom. The van der Waals surface area contributed by atoms with Crippen LogP contribution in [0.15, 0.2) is 41.0 Å². The number of non-ortho nitro benzene ring substituents is 1. The molecule has 7 nitrogen and oxygen atoms in total. The molecule has 0 unspecified atom stereocenters. The fourth-order valence-corrected chi connectivity index (χ4v) is 1.40. The molecular formula is C11H11N3O4. The number of benzene rings is 1. The zero-order chi connectivity index (χ0) is 13.0. The molecule has 2 rings (SSSR count). The third-order valence-electron chi connectivity index (χ3n) is 2.23. The summed E-state index contributed by atoms with van der Waals surface area (Å²) in [5.74, 6) is 6.20. The van der Waals surface area contributed by atoms with E-state index in [-0.39, 0.29) is 12.3 Å². The van der Waals surface area contributed by atoms with Gasteiger partial charge in [0.05, 0.1) is 22.9 Å². The largest absolute Gasteiger partial charge is 0.485 e. The summed E-state index contributed by atoms with van der Waals surface area (Å²) in [6.45, 7) is 0.193. The molecule has 0 saturated carbocycles. The first-order valence-electron chi connectivity index (χ1n) is 5.10. The lowest BCUT2D eigenvalue weighted by molar-refractivity contribution is -0.384. The molecule has 0 aliphatic rings. The Bertz CT molecular complexity index is 539. The maximum Gasteiger partial charge on any atom is 0.275 e. The summed E-state index contributed by atoms with van der Waals surface area (Å²) in [6.07, 6.45) is 1.53. The summed E-state index contributed by atoms with van der Waals surface area (Å²) in [6, 6.07) is 7.69. The van der Waals surface area contributed by atoms with Gasteiger partial charge in [0.2, 0.25) is 0 Å². The van der Waals surface area contributed by atoms with Gasteiger partial charge >= 0.3 is 0 Å². The first-order valence-corrected chi connectivity index (χ1v) is 5.10. The average Bonchev–Trinajstić information content (AvgIpc) is 2.89. The van der Waals surface area contributed by atoms with Gasteiger partial charge in [0.25, 0.3) is 5.69 Å². The minimum atomic E-state index is -0.513. The van der Waals surface area contributed by atoms with Crippen LogP contribution in [0.1, 0.15) is 5.76 Å². The van der Waals surface area contributed by atoms with Crippen molar-refractivity contribution in [2.75, 3.05) is 5.43 Å². The number of ether oxygens (including phenoxy) is 1. The predicted octanol–water partition coefficient (Wildman–Crippen LogP) is 2.05. The number of nitro groups is 1. The maximum atomic E-state index is 10.7. The molecule has 3 N–H and O–H groups in total. The highest BCUT2D eigenvalue weighted by atomic mass is 16.6. The van der Waals surface area contributed by atoms with Crippen molar-refractivity contribution in [1.82, 2.24) is 0 Å². The Morgan fingerprint density at radius 1 is 1.44 bits per heavy atom. The smallest absolute Gasteiger partial charge is 0.275 e. The van der Waals surface area contributed by atoms with E-state index in [1.165, 1.54) is 18.4 Å². The molecule has 0 spiro atoms. The number of hydrogen-bond donors (Lipinski definition) is 2. The number of nitrogens with zero attached hydrogens (tertiary/aromatic N) is 1. The van der Waals surface area contributed by atoms with E-state index in [2.05, 4.69) is 5.43 Å². The summed E-state index contributed by atoms with van der Waals surface area (Å²) in [5.41, 5.74) is 2.65. The topological polar surface area (TPSA) is 104 Å². The van der Waals surface area contributed by atoms with Crippen LogP contribution in [0.3, 0.4) is 0 Å². The van der Waals surface area contributed by atoms with Crippen molar-refractivity contribution in [3.8, 4) is 5.75 Å². The quantitative estimate of drug-likeness (QED) is 0.477. The van der Waals surface area contributed by atoms with E-state index in [4.69, 9.17) is 15.0 Å². The molecule has 18 heavy (non-hydrogen) atoms. The number of nitrogen functional groups attached to an aromatic ring is 1. The van der Waals surface area contributed by atoms with E-state index in [1.807, 2.05) is 0 Å². The van der Waals surface area contributed by atoms with E-state index in [0.717, 1.165) is 0 Å². The first-order chi connectivity index (χ1) is 8.69. The van der Waals surface area contributed by atoms with Crippen LogP contribution in [0.4, 0.5) is 11.4 Å². The van der Waals surface area contributed by atoms with Crippen molar-refractivity contribution in [2.45, 2.75) is 6.61 Å². The van der Waals surface area contributed by atoms with Crippen LogP contribution in [-0.4, -0.2) is 4.92 Å². The Kier molecular flexibility index (Phi) is 3.44. The maximum absolute atomic E-state index is 10.7. The normalized spacial score (nSPS) is 10.1.